The van der Waals surface area contributed by atoms with E-state index in [1.807, 2.05) is 0 Å². The van der Waals surface area contributed by atoms with Gasteiger partial charge in [0, 0.05) is 18.6 Å². The zero-order chi connectivity index (χ0) is 12.6. The van der Waals surface area contributed by atoms with Crippen molar-refractivity contribution in [3.63, 3.8) is 0 Å². The van der Waals surface area contributed by atoms with Gasteiger partial charge in [0.05, 0.1) is 0 Å². The Morgan fingerprint density at radius 3 is 2.12 bits per heavy atom. The molecule has 0 heterocycles. The van der Waals surface area contributed by atoms with Gasteiger partial charge in [0.25, 0.3) is 0 Å². The topological polar surface area (TPSA) is 29.3 Å². The van der Waals surface area contributed by atoms with Crippen LogP contribution in [0.5, 0.6) is 0 Å². The zero-order valence-corrected chi connectivity index (χ0v) is 12.0. The van der Waals surface area contributed by atoms with E-state index in [0.29, 0.717) is 18.0 Å². The maximum atomic E-state index is 5.88. The Kier molecular flexibility index (Phi) is 8.96. The van der Waals surface area contributed by atoms with E-state index >= 15 is 0 Å². The third-order valence-corrected chi connectivity index (χ3v) is 3.85. The highest BCUT2D eigenvalue weighted by Crippen LogP contribution is 2.15. The molecule has 2 N–H and O–H groups in total. The van der Waals surface area contributed by atoms with Gasteiger partial charge in [-0.25, -0.2) is 0 Å². The van der Waals surface area contributed by atoms with Gasteiger partial charge in [-0.05, 0) is 26.3 Å². The van der Waals surface area contributed by atoms with Crippen molar-refractivity contribution in [1.29, 1.82) is 0 Å². The van der Waals surface area contributed by atoms with Gasteiger partial charge >= 0.3 is 0 Å². The summed E-state index contributed by atoms with van der Waals surface area (Å²) in [5.41, 5.74) is 5.88. The van der Waals surface area contributed by atoms with E-state index in [1.165, 1.54) is 32.1 Å². The number of hydrogen-bond acceptors (Lipinski definition) is 2. The molecule has 0 rings (SSSR count). The van der Waals surface area contributed by atoms with Crippen LogP contribution in [0.2, 0.25) is 0 Å². The van der Waals surface area contributed by atoms with E-state index in [9.17, 15) is 0 Å². The molecule has 0 radical (unpaired) electrons. The summed E-state index contributed by atoms with van der Waals surface area (Å²) in [6.07, 6.45) is 6.61. The maximum Gasteiger partial charge on any atom is 0.0218 e. The minimum Gasteiger partial charge on any atom is -0.329 e. The molecule has 98 valence electrons. The molecule has 0 saturated carbocycles. The van der Waals surface area contributed by atoms with Crippen molar-refractivity contribution in [3.05, 3.63) is 0 Å². The Bertz CT molecular complexity index is 157. The summed E-state index contributed by atoms with van der Waals surface area (Å²) in [4.78, 5) is 2.47. The summed E-state index contributed by atoms with van der Waals surface area (Å²) in [5, 5.41) is 0. The third-order valence-electron chi connectivity index (χ3n) is 3.85. The minimum atomic E-state index is 0.564. The summed E-state index contributed by atoms with van der Waals surface area (Å²) in [7, 11) is 2.22. The molecule has 2 nitrogen and oxygen atoms in total. The standard InChI is InChI=1S/C14H32N2/c1-6-7-8-9-10-14(11-15)16(5)13(4)12(2)3/h12-14H,6-11,15H2,1-5H3. The number of unbranched alkanes of at least 4 members (excludes halogenated alkanes) is 3. The van der Waals surface area contributed by atoms with Crippen molar-refractivity contribution in [2.75, 3.05) is 13.6 Å². The van der Waals surface area contributed by atoms with Gasteiger partial charge in [0.15, 0.2) is 0 Å². The molecule has 0 bridgehead atoms. The fourth-order valence-electron chi connectivity index (χ4n) is 2.10. The first kappa shape index (κ1) is 15.9. The molecule has 2 unspecified atom stereocenters. The molecular formula is C14H32N2. The van der Waals surface area contributed by atoms with E-state index in [0.717, 1.165) is 6.54 Å². The van der Waals surface area contributed by atoms with Crippen LogP contribution in [0.15, 0.2) is 0 Å². The molecule has 0 aromatic rings. The van der Waals surface area contributed by atoms with Crippen LogP contribution in [0.3, 0.4) is 0 Å². The van der Waals surface area contributed by atoms with Crippen LogP contribution >= 0.6 is 0 Å². The van der Waals surface area contributed by atoms with E-state index in [1.54, 1.807) is 0 Å². The SMILES string of the molecule is CCCCCCC(CN)N(C)C(C)C(C)C. The monoisotopic (exact) mass is 228 g/mol. The van der Waals surface area contributed by atoms with Crippen LogP contribution in [-0.4, -0.2) is 30.6 Å². The van der Waals surface area contributed by atoms with E-state index in [2.05, 4.69) is 39.6 Å². The first-order valence-corrected chi connectivity index (χ1v) is 6.96. The number of nitrogens with zero attached hydrogens (tertiary/aromatic N) is 1. The molecule has 16 heavy (non-hydrogen) atoms. The van der Waals surface area contributed by atoms with Gasteiger partial charge < -0.3 is 5.73 Å². The second-order valence-corrected chi connectivity index (χ2v) is 5.39. The summed E-state index contributed by atoms with van der Waals surface area (Å²) in [6, 6.07) is 1.19. The molecular weight excluding hydrogens is 196 g/mol. The van der Waals surface area contributed by atoms with E-state index in [-0.39, 0.29) is 0 Å². The number of likely N-dealkylation sites (N-methyl/N-ethyl adjacent to an activating group) is 1. The van der Waals surface area contributed by atoms with Gasteiger partial charge in [-0.1, -0.05) is 46.5 Å². The zero-order valence-electron chi connectivity index (χ0n) is 12.0. The van der Waals surface area contributed by atoms with Crippen LogP contribution < -0.4 is 5.73 Å². The van der Waals surface area contributed by atoms with Crippen LogP contribution in [0.25, 0.3) is 0 Å². The lowest BCUT2D eigenvalue weighted by Gasteiger charge is -2.34. The maximum absolute atomic E-state index is 5.88. The Hall–Kier alpha value is -0.0800. The number of nitrogens with two attached hydrogens (primary N) is 1. The Labute approximate surface area is 103 Å². The van der Waals surface area contributed by atoms with E-state index in [4.69, 9.17) is 5.73 Å². The Morgan fingerprint density at radius 1 is 1.06 bits per heavy atom. The highest BCUT2D eigenvalue weighted by Gasteiger charge is 2.20. The lowest BCUT2D eigenvalue weighted by molar-refractivity contribution is 0.142. The average Bonchev–Trinajstić information content (AvgIpc) is 2.27. The fraction of sp³-hybridized carbons (Fsp3) is 1.00. The molecule has 0 fully saturated rings. The van der Waals surface area contributed by atoms with Gasteiger partial charge in [-0.15, -0.1) is 0 Å². The predicted molar refractivity (Wildman–Crippen MR) is 73.7 cm³/mol. The predicted octanol–water partition coefficient (Wildman–Crippen LogP) is 3.26. The fourth-order valence-corrected chi connectivity index (χ4v) is 2.10. The van der Waals surface area contributed by atoms with Crippen molar-refractivity contribution in [2.45, 2.75) is 71.9 Å². The Balaban J connectivity index is 3.96. The second kappa shape index (κ2) is 9.00. The van der Waals surface area contributed by atoms with Crippen LogP contribution in [0.1, 0.15) is 59.8 Å². The molecule has 0 aliphatic carbocycles. The number of rotatable bonds is 9. The highest BCUT2D eigenvalue weighted by atomic mass is 15.2. The third kappa shape index (κ3) is 5.86. The molecule has 0 saturated heterocycles. The smallest absolute Gasteiger partial charge is 0.0218 e. The van der Waals surface area contributed by atoms with Gasteiger partial charge in [-0.2, -0.15) is 0 Å². The normalized spacial score (nSPS) is 15.8. The van der Waals surface area contributed by atoms with Gasteiger partial charge in [-0.3, -0.25) is 4.90 Å². The van der Waals surface area contributed by atoms with Gasteiger partial charge in [0.1, 0.15) is 0 Å². The minimum absolute atomic E-state index is 0.564. The molecule has 2 heteroatoms. The summed E-state index contributed by atoms with van der Waals surface area (Å²) in [5.74, 6) is 0.703. The molecule has 0 amide bonds. The molecule has 0 aromatic heterocycles. The lowest BCUT2D eigenvalue weighted by Crippen LogP contribution is -2.45. The number of hydrogen-bond donors (Lipinski definition) is 1. The van der Waals surface area contributed by atoms with Crippen LogP contribution in [0.4, 0.5) is 0 Å². The Morgan fingerprint density at radius 2 is 1.69 bits per heavy atom. The largest absolute Gasteiger partial charge is 0.329 e. The van der Waals surface area contributed by atoms with E-state index < -0.39 is 0 Å². The summed E-state index contributed by atoms with van der Waals surface area (Å²) < 4.78 is 0. The second-order valence-electron chi connectivity index (χ2n) is 5.39. The van der Waals surface area contributed by atoms with Crippen LogP contribution in [0, 0.1) is 5.92 Å². The lowest BCUT2D eigenvalue weighted by atomic mass is 10.00. The average molecular weight is 228 g/mol. The molecule has 0 aliphatic rings. The quantitative estimate of drug-likeness (QED) is 0.614. The van der Waals surface area contributed by atoms with Crippen molar-refractivity contribution >= 4 is 0 Å². The van der Waals surface area contributed by atoms with Crippen molar-refractivity contribution in [3.8, 4) is 0 Å². The van der Waals surface area contributed by atoms with Crippen molar-refractivity contribution < 1.29 is 0 Å². The molecule has 0 spiro atoms. The first-order valence-electron chi connectivity index (χ1n) is 6.96. The van der Waals surface area contributed by atoms with Crippen molar-refractivity contribution in [2.24, 2.45) is 11.7 Å². The van der Waals surface area contributed by atoms with Crippen LogP contribution in [-0.2, 0) is 0 Å². The van der Waals surface area contributed by atoms with Crippen molar-refractivity contribution in [1.82, 2.24) is 4.90 Å². The molecule has 0 aliphatic heterocycles. The first-order chi connectivity index (χ1) is 7.54. The van der Waals surface area contributed by atoms with Gasteiger partial charge in [0.2, 0.25) is 0 Å². The highest BCUT2D eigenvalue weighted by molar-refractivity contribution is 4.76. The molecule has 0 aromatic carbocycles. The molecule has 2 atom stereocenters. The summed E-state index contributed by atoms with van der Waals surface area (Å²) in [6.45, 7) is 9.92. The summed E-state index contributed by atoms with van der Waals surface area (Å²) >= 11 is 0.